The van der Waals surface area contributed by atoms with E-state index in [1.165, 1.54) is 6.33 Å². The molecule has 0 bridgehead atoms. The van der Waals surface area contributed by atoms with E-state index in [0.29, 0.717) is 17.3 Å². The van der Waals surface area contributed by atoms with Crippen LogP contribution in [0.25, 0.3) is 6.08 Å². The fourth-order valence-corrected chi connectivity index (χ4v) is 6.03. The zero-order valence-corrected chi connectivity index (χ0v) is 24.8. The standard InChI is InChI=1S/C32H37F2N7O/c1-6-40-9-11-41(12-10-40)22-7-8-28(36-17-22)39-31-25(16-35)32(38-18-37-31)42-27-15-26(33)29-21(5)23(19(2)3)13-20(4)14-24(29)30(27)34/h7-8,14-15,17-19,21,23H,6,9-13H2,1-5H3,(H,36,37,38,39). The van der Waals surface area contributed by atoms with Gasteiger partial charge in [-0.3, -0.25) is 0 Å². The summed E-state index contributed by atoms with van der Waals surface area (Å²) in [4.78, 5) is 17.5. The van der Waals surface area contributed by atoms with Gasteiger partial charge in [-0.25, -0.2) is 23.7 Å². The minimum atomic E-state index is -0.684. The summed E-state index contributed by atoms with van der Waals surface area (Å²) >= 11 is 0. The molecule has 2 aromatic heterocycles. The van der Waals surface area contributed by atoms with Crippen molar-refractivity contribution in [1.29, 1.82) is 5.26 Å². The van der Waals surface area contributed by atoms with Crippen molar-refractivity contribution in [2.75, 3.05) is 42.9 Å². The molecule has 3 aromatic rings. The average molecular weight is 574 g/mol. The van der Waals surface area contributed by atoms with E-state index in [4.69, 9.17) is 4.74 Å². The number of nitrogens with zero attached hydrogens (tertiary/aromatic N) is 6. The van der Waals surface area contributed by atoms with Gasteiger partial charge in [-0.1, -0.05) is 39.3 Å². The fraction of sp³-hybridized carbons (Fsp3) is 0.438. The molecule has 2 aliphatic rings. The molecule has 10 heteroatoms. The third-order valence-electron chi connectivity index (χ3n) is 8.47. The molecular formula is C32H37F2N7O. The highest BCUT2D eigenvalue weighted by molar-refractivity contribution is 5.66. The molecule has 0 radical (unpaired) electrons. The molecule has 1 fully saturated rings. The molecule has 2 atom stereocenters. The molecule has 0 spiro atoms. The van der Waals surface area contributed by atoms with Gasteiger partial charge in [0.25, 0.3) is 0 Å². The Morgan fingerprint density at radius 1 is 1.14 bits per heavy atom. The van der Waals surface area contributed by atoms with Crippen LogP contribution in [0.15, 0.2) is 36.3 Å². The number of hydrogen-bond acceptors (Lipinski definition) is 8. The van der Waals surface area contributed by atoms with Gasteiger partial charge in [0.2, 0.25) is 5.88 Å². The molecule has 1 aliphatic heterocycles. The summed E-state index contributed by atoms with van der Waals surface area (Å²) in [6, 6.07) is 6.86. The van der Waals surface area contributed by atoms with Gasteiger partial charge >= 0.3 is 0 Å². The highest BCUT2D eigenvalue weighted by Gasteiger charge is 2.32. The van der Waals surface area contributed by atoms with Crippen LogP contribution in [-0.4, -0.2) is 52.6 Å². The van der Waals surface area contributed by atoms with Crippen LogP contribution in [0.1, 0.15) is 63.6 Å². The Morgan fingerprint density at radius 2 is 1.90 bits per heavy atom. The van der Waals surface area contributed by atoms with Crippen LogP contribution < -0.4 is 15.0 Å². The summed E-state index contributed by atoms with van der Waals surface area (Å²) in [5, 5.41) is 13.0. The number of hydrogen-bond donors (Lipinski definition) is 1. The maximum absolute atomic E-state index is 15.9. The van der Waals surface area contributed by atoms with E-state index in [2.05, 4.69) is 50.8 Å². The molecule has 5 rings (SSSR count). The molecule has 1 saturated heterocycles. The van der Waals surface area contributed by atoms with Crippen LogP contribution in [0, 0.1) is 34.8 Å². The number of rotatable bonds is 7. The lowest BCUT2D eigenvalue weighted by Crippen LogP contribution is -2.46. The number of halogens is 2. The van der Waals surface area contributed by atoms with Crippen molar-refractivity contribution in [3.8, 4) is 17.7 Å². The summed E-state index contributed by atoms with van der Waals surface area (Å²) in [7, 11) is 0. The minimum Gasteiger partial charge on any atom is -0.434 e. The van der Waals surface area contributed by atoms with Crippen LogP contribution in [-0.2, 0) is 0 Å². The second-order valence-electron chi connectivity index (χ2n) is 11.5. The molecule has 2 unspecified atom stereocenters. The zero-order chi connectivity index (χ0) is 30.0. The number of anilines is 3. The number of benzene rings is 1. The number of likely N-dealkylation sites (N-methyl/N-ethyl adjacent to an activating group) is 1. The molecule has 1 aliphatic carbocycles. The summed E-state index contributed by atoms with van der Waals surface area (Å²) in [6.07, 6.45) is 5.45. The van der Waals surface area contributed by atoms with E-state index in [1.807, 2.05) is 32.0 Å². The van der Waals surface area contributed by atoms with Gasteiger partial charge in [0, 0.05) is 43.4 Å². The van der Waals surface area contributed by atoms with Crippen molar-refractivity contribution in [1.82, 2.24) is 19.9 Å². The van der Waals surface area contributed by atoms with Crippen LogP contribution in [0.5, 0.6) is 11.6 Å². The first-order chi connectivity index (χ1) is 20.2. The van der Waals surface area contributed by atoms with Gasteiger partial charge < -0.3 is 19.9 Å². The lowest BCUT2D eigenvalue weighted by atomic mass is 9.77. The molecule has 0 saturated carbocycles. The first-order valence-electron chi connectivity index (χ1n) is 14.5. The van der Waals surface area contributed by atoms with Gasteiger partial charge in [-0.2, -0.15) is 5.26 Å². The second kappa shape index (κ2) is 12.4. The predicted octanol–water partition coefficient (Wildman–Crippen LogP) is 6.88. The van der Waals surface area contributed by atoms with Crippen LogP contribution in [0.2, 0.25) is 0 Å². The minimum absolute atomic E-state index is 0.0474. The first-order valence-corrected chi connectivity index (χ1v) is 14.5. The van der Waals surface area contributed by atoms with E-state index in [1.54, 1.807) is 12.3 Å². The normalized spacial score (nSPS) is 19.1. The van der Waals surface area contributed by atoms with Gasteiger partial charge in [-0.15, -0.1) is 0 Å². The number of nitrogens with one attached hydrogen (secondary N) is 1. The first kappa shape index (κ1) is 29.4. The highest BCUT2D eigenvalue weighted by Crippen LogP contribution is 2.44. The van der Waals surface area contributed by atoms with Gasteiger partial charge in [0.05, 0.1) is 11.9 Å². The van der Waals surface area contributed by atoms with Crippen molar-refractivity contribution in [3.05, 3.63) is 64.6 Å². The Balaban J connectivity index is 1.39. The molecule has 8 nitrogen and oxygen atoms in total. The largest absolute Gasteiger partial charge is 0.434 e. The number of aromatic nitrogens is 3. The van der Waals surface area contributed by atoms with Crippen molar-refractivity contribution in [2.24, 2.45) is 11.8 Å². The summed E-state index contributed by atoms with van der Waals surface area (Å²) < 4.78 is 37.2. The second-order valence-corrected chi connectivity index (χ2v) is 11.5. The number of ether oxygens (including phenoxy) is 1. The summed E-state index contributed by atoms with van der Waals surface area (Å²) in [5.41, 5.74) is 2.48. The van der Waals surface area contributed by atoms with E-state index in [0.717, 1.165) is 56.5 Å². The van der Waals surface area contributed by atoms with E-state index in [9.17, 15) is 5.26 Å². The zero-order valence-electron chi connectivity index (χ0n) is 24.8. The van der Waals surface area contributed by atoms with Gasteiger partial charge in [0.1, 0.15) is 24.0 Å². The fourth-order valence-electron chi connectivity index (χ4n) is 6.03. The van der Waals surface area contributed by atoms with Gasteiger partial charge in [0.15, 0.2) is 22.9 Å². The lowest BCUT2D eigenvalue weighted by molar-refractivity contribution is 0.271. The van der Waals surface area contributed by atoms with Crippen LogP contribution in [0.4, 0.5) is 26.1 Å². The Morgan fingerprint density at radius 3 is 2.55 bits per heavy atom. The Kier molecular flexibility index (Phi) is 8.69. The topological polar surface area (TPSA) is 90.2 Å². The summed E-state index contributed by atoms with van der Waals surface area (Å²) in [6.45, 7) is 15.2. The van der Waals surface area contributed by atoms with Crippen molar-refractivity contribution in [3.63, 3.8) is 0 Å². The molecule has 1 N–H and O–H groups in total. The molecule has 42 heavy (non-hydrogen) atoms. The third-order valence-corrected chi connectivity index (χ3v) is 8.47. The number of allylic oxidation sites excluding steroid dienone is 1. The number of pyridine rings is 1. The number of fused-ring (bicyclic) bond motifs is 1. The van der Waals surface area contributed by atoms with Crippen molar-refractivity contribution < 1.29 is 13.5 Å². The molecule has 1 aromatic carbocycles. The Bertz CT molecular complexity index is 1510. The predicted molar refractivity (Wildman–Crippen MR) is 160 cm³/mol. The Hall–Kier alpha value is -4.10. The van der Waals surface area contributed by atoms with E-state index >= 15 is 8.78 Å². The van der Waals surface area contributed by atoms with Gasteiger partial charge in [-0.05, 0) is 49.8 Å². The molecular weight excluding hydrogens is 536 g/mol. The molecule has 3 heterocycles. The van der Waals surface area contributed by atoms with Crippen molar-refractivity contribution in [2.45, 2.75) is 47.0 Å². The smallest absolute Gasteiger partial charge is 0.242 e. The maximum Gasteiger partial charge on any atom is 0.242 e. The highest BCUT2D eigenvalue weighted by atomic mass is 19.1. The van der Waals surface area contributed by atoms with Crippen molar-refractivity contribution >= 4 is 23.4 Å². The van der Waals surface area contributed by atoms with E-state index in [-0.39, 0.29) is 40.4 Å². The average Bonchev–Trinajstić information content (AvgIpc) is 3.12. The van der Waals surface area contributed by atoms with Crippen LogP contribution in [0.3, 0.4) is 0 Å². The summed E-state index contributed by atoms with van der Waals surface area (Å²) in [5.74, 6) is -0.812. The third kappa shape index (κ3) is 5.93. The lowest BCUT2D eigenvalue weighted by Gasteiger charge is -2.35. The van der Waals surface area contributed by atoms with Crippen LogP contribution >= 0.6 is 0 Å². The number of piperazine rings is 1. The molecule has 0 amide bonds. The number of nitriles is 1. The molecule has 220 valence electrons. The Labute approximate surface area is 246 Å². The SMILES string of the molecule is CCN1CCN(c2ccc(Nc3ncnc(Oc4cc(F)c5c(c4F)C=C(C)CC(C(C)C)C5C)c3C#N)nc2)CC1. The maximum atomic E-state index is 15.9. The van der Waals surface area contributed by atoms with E-state index < -0.39 is 11.6 Å². The quantitative estimate of drug-likeness (QED) is 0.327. The monoisotopic (exact) mass is 573 g/mol.